The lowest BCUT2D eigenvalue weighted by Gasteiger charge is -2.18. The van der Waals surface area contributed by atoms with Crippen molar-refractivity contribution in [1.82, 2.24) is 25.1 Å². The number of fused-ring (bicyclic) bond motifs is 1. The van der Waals surface area contributed by atoms with E-state index in [1.54, 1.807) is 7.11 Å². The number of carbonyl (C=O) groups is 1. The third kappa shape index (κ3) is 5.34. The van der Waals surface area contributed by atoms with Crippen molar-refractivity contribution in [2.24, 2.45) is 5.73 Å². The smallest absolute Gasteiger partial charge is 0.269 e. The van der Waals surface area contributed by atoms with Gasteiger partial charge in [-0.15, -0.1) is 0 Å². The molecule has 3 heterocycles. The van der Waals surface area contributed by atoms with Gasteiger partial charge in [-0.2, -0.15) is 10.1 Å². The van der Waals surface area contributed by atoms with Crippen LogP contribution in [0.25, 0.3) is 0 Å². The summed E-state index contributed by atoms with van der Waals surface area (Å²) in [6.07, 6.45) is 3.49. The molecule has 0 fully saturated rings. The van der Waals surface area contributed by atoms with E-state index in [2.05, 4.69) is 47.8 Å². The second-order valence-corrected chi connectivity index (χ2v) is 7.90. The normalized spacial score (nSPS) is 13.9. The maximum absolute atomic E-state index is 11.2. The molecule has 1 aromatic carbocycles. The van der Waals surface area contributed by atoms with Crippen LogP contribution in [0.5, 0.6) is 0 Å². The molecule has 0 saturated heterocycles. The van der Waals surface area contributed by atoms with Crippen LogP contribution in [0.1, 0.15) is 21.6 Å². The highest BCUT2D eigenvalue weighted by molar-refractivity contribution is 6.32. The maximum Gasteiger partial charge on any atom is 0.269 e. The highest BCUT2D eigenvalue weighted by Gasteiger charge is 2.15. The number of rotatable bonds is 8. The molecule has 5 N–H and O–H groups in total. The highest BCUT2D eigenvalue weighted by atomic mass is 35.5. The van der Waals surface area contributed by atoms with Crippen molar-refractivity contribution in [2.75, 3.05) is 44.0 Å². The van der Waals surface area contributed by atoms with Crippen LogP contribution in [0.4, 0.5) is 23.3 Å². The number of aromatic nitrogens is 4. The lowest BCUT2D eigenvalue weighted by molar-refractivity contribution is 0.0995. The summed E-state index contributed by atoms with van der Waals surface area (Å²) in [7, 11) is 1.73. The summed E-state index contributed by atoms with van der Waals surface area (Å²) in [5, 5.41) is 13.1. The number of carbonyl (C=O) groups excluding carboxylic acids is 1. The largest absolute Gasteiger partial charge is 0.383 e. The van der Waals surface area contributed by atoms with E-state index in [1.165, 1.54) is 23.4 Å². The van der Waals surface area contributed by atoms with Gasteiger partial charge in [0, 0.05) is 38.5 Å². The Kier molecular flexibility index (Phi) is 6.84. The van der Waals surface area contributed by atoms with Gasteiger partial charge in [0.2, 0.25) is 5.95 Å². The molecule has 2 aromatic heterocycles. The topological polar surface area (TPSA) is 134 Å². The summed E-state index contributed by atoms with van der Waals surface area (Å²) >= 11 is 6.23. The van der Waals surface area contributed by atoms with Gasteiger partial charge in [-0.1, -0.05) is 17.7 Å². The third-order valence-corrected chi connectivity index (χ3v) is 5.57. The van der Waals surface area contributed by atoms with Crippen LogP contribution in [0.3, 0.4) is 0 Å². The quantitative estimate of drug-likeness (QED) is 0.406. The predicted molar refractivity (Wildman–Crippen MR) is 123 cm³/mol. The Morgan fingerprint density at radius 1 is 1.25 bits per heavy atom. The van der Waals surface area contributed by atoms with Gasteiger partial charge < -0.3 is 26.0 Å². The fourth-order valence-electron chi connectivity index (χ4n) is 3.58. The molecule has 1 aliphatic heterocycles. The Morgan fingerprint density at radius 3 is 2.81 bits per heavy atom. The number of hydrogen-bond donors (Lipinski definition) is 4. The molecule has 168 valence electrons. The van der Waals surface area contributed by atoms with Crippen LogP contribution in [-0.2, 0) is 17.6 Å². The molecule has 10 nitrogen and oxygen atoms in total. The average Bonchev–Trinajstić information content (AvgIpc) is 3.16. The molecular weight excluding hydrogens is 432 g/mol. The first-order chi connectivity index (χ1) is 15.5. The summed E-state index contributed by atoms with van der Waals surface area (Å²) in [6.45, 7) is 3.73. The van der Waals surface area contributed by atoms with Crippen LogP contribution >= 0.6 is 11.6 Å². The highest BCUT2D eigenvalue weighted by Crippen LogP contribution is 2.26. The van der Waals surface area contributed by atoms with Crippen LogP contribution in [0.15, 0.2) is 30.5 Å². The van der Waals surface area contributed by atoms with Crippen molar-refractivity contribution in [2.45, 2.75) is 12.8 Å². The van der Waals surface area contributed by atoms with E-state index < -0.39 is 5.91 Å². The number of halogens is 1. The molecule has 11 heteroatoms. The number of nitrogens with two attached hydrogens (primary N) is 1. The van der Waals surface area contributed by atoms with Gasteiger partial charge in [-0.25, -0.2) is 4.98 Å². The summed E-state index contributed by atoms with van der Waals surface area (Å²) < 4.78 is 5.21. The molecule has 0 radical (unpaired) electrons. The lowest BCUT2D eigenvalue weighted by atomic mass is 10.0. The molecule has 0 saturated carbocycles. The second-order valence-electron chi connectivity index (χ2n) is 7.49. The monoisotopic (exact) mass is 456 g/mol. The molecule has 0 unspecified atom stereocenters. The number of H-pyrrole nitrogens is 1. The first-order valence-corrected chi connectivity index (χ1v) is 10.6. The van der Waals surface area contributed by atoms with E-state index in [0.717, 1.165) is 44.8 Å². The zero-order valence-corrected chi connectivity index (χ0v) is 18.4. The van der Waals surface area contributed by atoms with Gasteiger partial charge in [-0.3, -0.25) is 9.89 Å². The van der Waals surface area contributed by atoms with Crippen LogP contribution in [0, 0.1) is 0 Å². The Balaban J connectivity index is 1.46. The lowest BCUT2D eigenvalue weighted by Crippen LogP contribution is -2.29. The number of benzene rings is 1. The zero-order valence-electron chi connectivity index (χ0n) is 17.7. The van der Waals surface area contributed by atoms with E-state index >= 15 is 0 Å². The summed E-state index contributed by atoms with van der Waals surface area (Å²) in [4.78, 5) is 22.4. The molecule has 0 atom stereocenters. The molecule has 0 aliphatic carbocycles. The first kappa shape index (κ1) is 22.0. The minimum Gasteiger partial charge on any atom is -0.383 e. The fraction of sp³-hybridized carbons (Fsp3) is 0.333. The molecular formula is C21H25ClN8O2. The molecule has 0 bridgehead atoms. The minimum absolute atomic E-state index is 0.113. The molecule has 1 amide bonds. The number of methoxy groups -OCH3 is 1. The van der Waals surface area contributed by atoms with Gasteiger partial charge in [0.05, 0.1) is 12.8 Å². The number of aromatic amines is 1. The maximum atomic E-state index is 11.2. The number of primary amides is 1. The van der Waals surface area contributed by atoms with Crippen molar-refractivity contribution in [1.29, 1.82) is 0 Å². The summed E-state index contributed by atoms with van der Waals surface area (Å²) in [5.74, 6) is 0.568. The van der Waals surface area contributed by atoms with Crippen LogP contribution < -0.4 is 16.4 Å². The van der Waals surface area contributed by atoms with E-state index in [4.69, 9.17) is 22.1 Å². The Hall–Kier alpha value is -3.21. The number of nitrogens with one attached hydrogen (secondary N) is 3. The summed E-state index contributed by atoms with van der Waals surface area (Å²) in [6, 6.07) is 7.82. The first-order valence-electron chi connectivity index (χ1n) is 10.3. The van der Waals surface area contributed by atoms with Gasteiger partial charge in [-0.05, 0) is 36.1 Å². The SMILES string of the molecule is COCCN1CCc2ccc(Nc3ncc(Cl)c(Nc4cc(C(N)=O)n[nH]4)n3)cc2CC1. The van der Waals surface area contributed by atoms with Gasteiger partial charge in [0.1, 0.15) is 10.8 Å². The van der Waals surface area contributed by atoms with Crippen LogP contribution in [-0.4, -0.2) is 64.3 Å². The number of anilines is 4. The Morgan fingerprint density at radius 2 is 2.06 bits per heavy atom. The standard InChI is InChI=1S/C21H25ClN8O2/c1-32-9-8-30-6-4-13-2-3-15(10-14(13)5-7-30)25-21-24-12-16(22)20(27-21)26-18-11-17(19(23)31)28-29-18/h2-3,10-12H,4-9H2,1H3,(H2,23,31)(H3,24,25,26,27,28,29). The number of nitrogens with zero attached hydrogens (tertiary/aromatic N) is 4. The summed E-state index contributed by atoms with van der Waals surface area (Å²) in [5.41, 5.74) is 8.92. The van der Waals surface area contributed by atoms with Gasteiger partial charge >= 0.3 is 0 Å². The molecule has 1 aliphatic rings. The third-order valence-electron chi connectivity index (χ3n) is 5.30. The van der Waals surface area contributed by atoms with Gasteiger partial charge in [0.25, 0.3) is 5.91 Å². The molecule has 4 rings (SSSR count). The van der Waals surface area contributed by atoms with Gasteiger partial charge in [0.15, 0.2) is 11.5 Å². The van der Waals surface area contributed by atoms with E-state index in [0.29, 0.717) is 22.6 Å². The van der Waals surface area contributed by atoms with Crippen molar-refractivity contribution in [3.8, 4) is 0 Å². The molecule has 0 spiro atoms. The average molecular weight is 457 g/mol. The second kappa shape index (κ2) is 9.94. The fourth-order valence-corrected chi connectivity index (χ4v) is 3.72. The van der Waals surface area contributed by atoms with Crippen molar-refractivity contribution >= 4 is 40.8 Å². The van der Waals surface area contributed by atoms with E-state index in [1.807, 2.05) is 6.07 Å². The molecule has 3 aromatic rings. The Labute approximate surface area is 190 Å². The minimum atomic E-state index is -0.629. The molecule has 32 heavy (non-hydrogen) atoms. The number of hydrogen-bond acceptors (Lipinski definition) is 8. The van der Waals surface area contributed by atoms with Crippen molar-refractivity contribution in [3.63, 3.8) is 0 Å². The number of ether oxygens (including phenoxy) is 1. The number of amides is 1. The predicted octanol–water partition coefficient (Wildman–Crippen LogP) is 2.49. The van der Waals surface area contributed by atoms with Crippen molar-refractivity contribution < 1.29 is 9.53 Å². The van der Waals surface area contributed by atoms with E-state index in [-0.39, 0.29) is 5.69 Å². The van der Waals surface area contributed by atoms with Crippen molar-refractivity contribution in [3.05, 3.63) is 52.3 Å². The van der Waals surface area contributed by atoms with Crippen LogP contribution in [0.2, 0.25) is 5.02 Å². The van der Waals surface area contributed by atoms with E-state index in [9.17, 15) is 4.79 Å². The Bertz CT molecular complexity index is 1100. The zero-order chi connectivity index (χ0) is 22.5.